The van der Waals surface area contributed by atoms with E-state index in [-0.39, 0.29) is 30.2 Å². The molecular weight excluding hydrogens is 558 g/mol. The molecule has 0 bridgehead atoms. The van der Waals surface area contributed by atoms with E-state index in [1.165, 1.54) is 0 Å². The van der Waals surface area contributed by atoms with Gasteiger partial charge in [-0.05, 0) is 43.4 Å². The molecule has 1 spiro atoms. The number of anilines is 1. The summed E-state index contributed by atoms with van der Waals surface area (Å²) in [5.41, 5.74) is 3.85. The van der Waals surface area contributed by atoms with E-state index >= 15 is 0 Å². The Morgan fingerprint density at radius 1 is 0.884 bits per heavy atom. The number of nitrogens with zero attached hydrogens (tertiary/aromatic N) is 3. The van der Waals surface area contributed by atoms with E-state index < -0.39 is 33.4 Å². The summed E-state index contributed by atoms with van der Waals surface area (Å²) < 4.78 is -1.64. The van der Waals surface area contributed by atoms with E-state index in [0.29, 0.717) is 19.6 Å². The van der Waals surface area contributed by atoms with Crippen LogP contribution < -0.4 is 4.90 Å². The minimum absolute atomic E-state index is 0.0681. The van der Waals surface area contributed by atoms with Crippen LogP contribution in [0.25, 0.3) is 0 Å². The number of carbonyl (C=O) groups excluding carboxylic acids is 3. The third-order valence-electron chi connectivity index (χ3n) is 9.82. The van der Waals surface area contributed by atoms with Gasteiger partial charge in [-0.25, -0.2) is 0 Å². The molecule has 3 amide bonds. The lowest BCUT2D eigenvalue weighted by atomic mass is 9.74. The van der Waals surface area contributed by atoms with Gasteiger partial charge in [0, 0.05) is 30.1 Å². The van der Waals surface area contributed by atoms with Crippen molar-refractivity contribution >= 4 is 35.2 Å². The van der Waals surface area contributed by atoms with Crippen LogP contribution in [0.3, 0.4) is 0 Å². The highest BCUT2D eigenvalue weighted by molar-refractivity contribution is 8.02. The Kier molecular flexibility index (Phi) is 7.58. The minimum Gasteiger partial charge on any atom is -0.394 e. The number of aryl methyl sites for hydroxylation is 2. The van der Waals surface area contributed by atoms with Crippen LogP contribution in [0.2, 0.25) is 0 Å². The number of benzene rings is 2. The number of para-hydroxylation sites is 1. The van der Waals surface area contributed by atoms with Gasteiger partial charge in [-0.1, -0.05) is 86.7 Å². The fourth-order valence-corrected chi connectivity index (χ4v) is 10.0. The van der Waals surface area contributed by atoms with Gasteiger partial charge in [0.1, 0.15) is 6.04 Å². The van der Waals surface area contributed by atoms with Gasteiger partial charge in [-0.3, -0.25) is 14.4 Å². The lowest BCUT2D eigenvalue weighted by molar-refractivity contribution is -0.146. The Bertz CT molecular complexity index is 1490. The molecule has 4 aliphatic heterocycles. The third kappa shape index (κ3) is 4.56. The zero-order valence-corrected chi connectivity index (χ0v) is 26.4. The largest absolute Gasteiger partial charge is 0.394 e. The van der Waals surface area contributed by atoms with Gasteiger partial charge in [-0.15, -0.1) is 11.8 Å². The summed E-state index contributed by atoms with van der Waals surface area (Å²) in [5.74, 6) is -1.94. The minimum atomic E-state index is -0.961. The van der Waals surface area contributed by atoms with Crippen LogP contribution in [0.4, 0.5) is 5.69 Å². The van der Waals surface area contributed by atoms with Crippen LogP contribution in [0.15, 0.2) is 72.8 Å². The van der Waals surface area contributed by atoms with Crippen LogP contribution in [0, 0.1) is 31.6 Å². The van der Waals surface area contributed by atoms with Crippen LogP contribution in [-0.4, -0.2) is 73.9 Å². The standard InChI is InChI=1S/C35H41N3O4S/c1-22(2)26(21-39)38-30-33(42)37(29-23(3)12-9-13-24(29)4)19-11-17-35(30)28(32(38)41)27-31(40)36(18-10-16-34(27,5)43-35)20-25-14-7-6-8-15-25/h6-17,22,26-28,30,39H,18-21H2,1-5H3/t26-,27+,28-,30?,34-,35-/m0/s1. The van der Waals surface area contributed by atoms with E-state index in [4.69, 9.17) is 0 Å². The van der Waals surface area contributed by atoms with Crippen molar-refractivity contribution in [3.8, 4) is 0 Å². The van der Waals surface area contributed by atoms with Crippen molar-refractivity contribution in [1.29, 1.82) is 0 Å². The Hall–Kier alpha value is -3.36. The molecule has 8 heteroatoms. The van der Waals surface area contributed by atoms with E-state index in [9.17, 15) is 19.5 Å². The fraction of sp³-hybridized carbons (Fsp3) is 0.457. The number of amides is 3. The summed E-state index contributed by atoms with van der Waals surface area (Å²) in [6.07, 6.45) is 8.19. The lowest BCUT2D eigenvalue weighted by Crippen LogP contribution is -2.58. The summed E-state index contributed by atoms with van der Waals surface area (Å²) in [4.78, 5) is 49.6. The first-order valence-electron chi connectivity index (χ1n) is 15.2. The number of aliphatic hydroxyl groups excluding tert-OH is 1. The predicted octanol–water partition coefficient (Wildman–Crippen LogP) is 4.51. The molecule has 1 unspecified atom stereocenters. The third-order valence-corrected chi connectivity index (χ3v) is 11.6. The molecule has 6 atom stereocenters. The second-order valence-electron chi connectivity index (χ2n) is 12.9. The lowest BCUT2D eigenvalue weighted by Gasteiger charge is -2.41. The predicted molar refractivity (Wildman–Crippen MR) is 170 cm³/mol. The molecule has 4 aliphatic rings. The molecule has 7 nitrogen and oxygen atoms in total. The van der Waals surface area contributed by atoms with Crippen molar-refractivity contribution in [2.75, 3.05) is 24.6 Å². The smallest absolute Gasteiger partial charge is 0.251 e. The van der Waals surface area contributed by atoms with Crippen molar-refractivity contribution in [3.05, 3.63) is 89.5 Å². The second kappa shape index (κ2) is 11.0. The average molecular weight is 600 g/mol. The van der Waals surface area contributed by atoms with Gasteiger partial charge >= 0.3 is 0 Å². The first-order chi connectivity index (χ1) is 20.5. The van der Waals surface area contributed by atoms with E-state index in [2.05, 4.69) is 6.08 Å². The summed E-state index contributed by atoms with van der Waals surface area (Å²) in [5, 5.41) is 10.6. The topological polar surface area (TPSA) is 81.2 Å². The van der Waals surface area contributed by atoms with Crippen molar-refractivity contribution in [3.63, 3.8) is 0 Å². The van der Waals surface area contributed by atoms with Crippen molar-refractivity contribution < 1.29 is 19.5 Å². The molecule has 226 valence electrons. The normalized spacial score (nSPS) is 30.8. The van der Waals surface area contributed by atoms with Crippen molar-refractivity contribution in [2.45, 2.75) is 62.7 Å². The Morgan fingerprint density at radius 2 is 1.56 bits per heavy atom. The molecule has 0 aliphatic carbocycles. The molecule has 0 aromatic heterocycles. The monoisotopic (exact) mass is 599 g/mol. The van der Waals surface area contributed by atoms with Gasteiger partial charge in [0.25, 0.3) is 5.91 Å². The highest BCUT2D eigenvalue weighted by atomic mass is 32.2. The molecule has 2 saturated heterocycles. The molecular formula is C35H41N3O4S. The summed E-state index contributed by atoms with van der Waals surface area (Å²) >= 11 is 1.58. The quantitative estimate of drug-likeness (QED) is 0.495. The van der Waals surface area contributed by atoms with Crippen LogP contribution in [0.5, 0.6) is 0 Å². The molecule has 43 heavy (non-hydrogen) atoms. The van der Waals surface area contributed by atoms with Crippen molar-refractivity contribution in [2.24, 2.45) is 17.8 Å². The Labute approximate surface area is 258 Å². The van der Waals surface area contributed by atoms with Crippen LogP contribution in [0.1, 0.15) is 37.5 Å². The summed E-state index contributed by atoms with van der Waals surface area (Å²) in [6, 6.07) is 14.5. The van der Waals surface area contributed by atoms with Crippen molar-refractivity contribution in [1.82, 2.24) is 9.80 Å². The summed E-state index contributed by atoms with van der Waals surface area (Å²) in [6.45, 7) is 11.0. The van der Waals surface area contributed by atoms with E-state index in [1.54, 1.807) is 21.6 Å². The summed E-state index contributed by atoms with van der Waals surface area (Å²) in [7, 11) is 0. The molecule has 4 heterocycles. The average Bonchev–Trinajstić information content (AvgIpc) is 3.24. The number of likely N-dealkylation sites (tertiary alicyclic amines) is 1. The zero-order valence-electron chi connectivity index (χ0n) is 25.6. The maximum absolute atomic E-state index is 14.9. The Morgan fingerprint density at radius 3 is 2.21 bits per heavy atom. The number of hydrogen-bond donors (Lipinski definition) is 1. The van der Waals surface area contributed by atoms with Crippen LogP contribution >= 0.6 is 11.8 Å². The van der Waals surface area contributed by atoms with Crippen LogP contribution in [-0.2, 0) is 20.9 Å². The van der Waals surface area contributed by atoms with Gasteiger partial charge < -0.3 is 19.8 Å². The van der Waals surface area contributed by atoms with E-state index in [0.717, 1.165) is 22.4 Å². The number of thioether (sulfide) groups is 1. The van der Waals surface area contributed by atoms with Gasteiger partial charge in [0.2, 0.25) is 11.8 Å². The van der Waals surface area contributed by atoms with Gasteiger partial charge in [0.05, 0.1) is 29.2 Å². The molecule has 2 aromatic carbocycles. The first-order valence-corrected chi connectivity index (χ1v) is 16.0. The molecule has 1 N–H and O–H groups in total. The number of hydrogen-bond acceptors (Lipinski definition) is 5. The number of rotatable bonds is 6. The van der Waals surface area contributed by atoms with E-state index in [1.807, 2.05) is 106 Å². The molecule has 0 radical (unpaired) electrons. The number of aliphatic hydroxyl groups is 1. The Balaban J connectivity index is 1.49. The number of carbonyl (C=O) groups is 3. The molecule has 2 fully saturated rings. The maximum atomic E-state index is 14.9. The highest BCUT2D eigenvalue weighted by Crippen LogP contribution is 2.66. The molecule has 2 aromatic rings. The zero-order chi connectivity index (χ0) is 30.7. The van der Waals surface area contributed by atoms with Gasteiger partial charge in [-0.2, -0.15) is 0 Å². The first kappa shape index (κ1) is 29.7. The van der Waals surface area contributed by atoms with Gasteiger partial charge in [0.15, 0.2) is 0 Å². The number of fused-ring (bicyclic) bond motifs is 2. The second-order valence-corrected chi connectivity index (χ2v) is 14.7. The molecule has 0 saturated carbocycles. The maximum Gasteiger partial charge on any atom is 0.251 e. The molecule has 6 rings (SSSR count). The fourth-order valence-electron chi connectivity index (χ4n) is 7.87. The SMILES string of the molecule is Cc1cccc(C)c1N1CC=C[C@]23S[C@@]4(C)C=CCN(Cc5ccccc5)C(=O)[C@H]4[C@H]2C(=O)N([C@@H](CO)C(C)C)C3C1=O. The highest BCUT2D eigenvalue weighted by Gasteiger charge is 2.74.